The van der Waals surface area contributed by atoms with E-state index in [1.807, 2.05) is 19.9 Å². The topological polar surface area (TPSA) is 0 Å². The van der Waals surface area contributed by atoms with Crippen LogP contribution in [0.5, 0.6) is 0 Å². The summed E-state index contributed by atoms with van der Waals surface area (Å²) >= 11 is 0. The van der Waals surface area contributed by atoms with E-state index in [1.54, 1.807) is 0 Å². The van der Waals surface area contributed by atoms with E-state index >= 15 is 0 Å². The zero-order chi connectivity index (χ0) is 11.7. The van der Waals surface area contributed by atoms with Crippen LogP contribution in [0.4, 0.5) is 4.39 Å². The molecule has 1 aromatic carbocycles. The molecule has 0 bridgehead atoms. The van der Waals surface area contributed by atoms with E-state index in [1.165, 1.54) is 12.8 Å². The summed E-state index contributed by atoms with van der Waals surface area (Å²) in [7, 11) is 0. The minimum atomic E-state index is 0.0413. The highest BCUT2D eigenvalue weighted by Gasteiger charge is 2.22. The van der Waals surface area contributed by atoms with Crippen molar-refractivity contribution in [2.24, 2.45) is 5.92 Å². The van der Waals surface area contributed by atoms with Crippen molar-refractivity contribution in [3.05, 3.63) is 34.6 Å². The van der Waals surface area contributed by atoms with Crippen LogP contribution in [-0.4, -0.2) is 0 Å². The van der Waals surface area contributed by atoms with E-state index in [0.29, 0.717) is 5.92 Å². The minimum Gasteiger partial charge on any atom is -0.206 e. The second-order valence-corrected chi connectivity index (χ2v) is 5.37. The first-order valence-electron chi connectivity index (χ1n) is 6.35. The predicted molar refractivity (Wildman–Crippen MR) is 66.2 cm³/mol. The maximum absolute atomic E-state index is 14.1. The number of aryl methyl sites for hydroxylation is 1. The first-order valence-corrected chi connectivity index (χ1v) is 6.35. The van der Waals surface area contributed by atoms with Crippen molar-refractivity contribution >= 4 is 0 Å². The van der Waals surface area contributed by atoms with Gasteiger partial charge in [0.2, 0.25) is 0 Å². The van der Waals surface area contributed by atoms with Gasteiger partial charge in [0.05, 0.1) is 0 Å². The summed E-state index contributed by atoms with van der Waals surface area (Å²) in [6.07, 6.45) is 4.80. The van der Waals surface area contributed by atoms with Crippen LogP contribution in [0, 0.1) is 25.6 Å². The Labute approximate surface area is 97.9 Å². The van der Waals surface area contributed by atoms with Gasteiger partial charge in [0.15, 0.2) is 0 Å². The van der Waals surface area contributed by atoms with Gasteiger partial charge in [-0.2, -0.15) is 0 Å². The summed E-state index contributed by atoms with van der Waals surface area (Å²) in [5, 5.41) is 0. The van der Waals surface area contributed by atoms with Crippen LogP contribution in [0.2, 0.25) is 0 Å². The molecule has 0 saturated heterocycles. The molecule has 0 N–H and O–H groups in total. The van der Waals surface area contributed by atoms with Crippen molar-refractivity contribution in [1.82, 2.24) is 0 Å². The van der Waals surface area contributed by atoms with Crippen LogP contribution < -0.4 is 0 Å². The van der Waals surface area contributed by atoms with Crippen molar-refractivity contribution in [3.8, 4) is 0 Å². The number of hydrogen-bond acceptors (Lipinski definition) is 0. The Morgan fingerprint density at radius 2 is 1.69 bits per heavy atom. The van der Waals surface area contributed by atoms with Gasteiger partial charge in [-0.1, -0.05) is 31.9 Å². The Morgan fingerprint density at radius 3 is 2.31 bits per heavy atom. The smallest absolute Gasteiger partial charge is 0.129 e. The van der Waals surface area contributed by atoms with Gasteiger partial charge in [-0.15, -0.1) is 0 Å². The fraction of sp³-hybridized carbons (Fsp3) is 0.600. The molecule has 16 heavy (non-hydrogen) atoms. The molecule has 0 aromatic heterocycles. The average molecular weight is 220 g/mol. The van der Waals surface area contributed by atoms with Crippen LogP contribution in [0.25, 0.3) is 0 Å². The highest BCUT2D eigenvalue weighted by molar-refractivity contribution is 5.34. The standard InChI is InChI=1S/C15H21F/c1-10-4-7-13(8-5-10)14-9-6-11(2)12(3)15(14)16/h6,9-10,13H,4-5,7-8H2,1-3H3. The third-order valence-corrected chi connectivity index (χ3v) is 4.14. The van der Waals surface area contributed by atoms with Crippen LogP contribution in [0.1, 0.15) is 55.2 Å². The fourth-order valence-electron chi connectivity index (χ4n) is 2.69. The van der Waals surface area contributed by atoms with Crippen LogP contribution >= 0.6 is 0 Å². The van der Waals surface area contributed by atoms with Gasteiger partial charge in [0.1, 0.15) is 5.82 Å². The zero-order valence-electron chi connectivity index (χ0n) is 10.5. The summed E-state index contributed by atoms with van der Waals surface area (Å²) in [5.74, 6) is 1.32. The number of halogens is 1. The van der Waals surface area contributed by atoms with Gasteiger partial charge in [0, 0.05) is 0 Å². The largest absolute Gasteiger partial charge is 0.206 e. The van der Waals surface area contributed by atoms with E-state index in [-0.39, 0.29) is 5.82 Å². The molecule has 1 aliphatic carbocycles. The summed E-state index contributed by atoms with van der Waals surface area (Å²) in [4.78, 5) is 0. The lowest BCUT2D eigenvalue weighted by Gasteiger charge is -2.27. The number of benzene rings is 1. The molecule has 1 fully saturated rings. The Morgan fingerprint density at radius 1 is 1.06 bits per heavy atom. The molecule has 1 heteroatoms. The molecule has 1 saturated carbocycles. The zero-order valence-corrected chi connectivity index (χ0v) is 10.5. The molecule has 0 nitrogen and oxygen atoms in total. The van der Waals surface area contributed by atoms with Gasteiger partial charge in [-0.25, -0.2) is 4.39 Å². The van der Waals surface area contributed by atoms with Crippen molar-refractivity contribution in [1.29, 1.82) is 0 Å². The number of rotatable bonds is 1. The molecule has 0 atom stereocenters. The minimum absolute atomic E-state index is 0.0413. The van der Waals surface area contributed by atoms with E-state index in [2.05, 4.69) is 13.0 Å². The quantitative estimate of drug-likeness (QED) is 0.641. The molecule has 0 unspecified atom stereocenters. The van der Waals surface area contributed by atoms with Crippen molar-refractivity contribution in [2.45, 2.75) is 52.4 Å². The third-order valence-electron chi connectivity index (χ3n) is 4.14. The summed E-state index contributed by atoms with van der Waals surface area (Å²) in [6.45, 7) is 6.16. The maximum Gasteiger partial charge on any atom is 0.129 e. The van der Waals surface area contributed by atoms with Crippen LogP contribution in [-0.2, 0) is 0 Å². The Bertz CT molecular complexity index is 373. The average Bonchev–Trinajstić information content (AvgIpc) is 2.28. The van der Waals surface area contributed by atoms with Crippen molar-refractivity contribution in [3.63, 3.8) is 0 Å². The Hall–Kier alpha value is -0.850. The SMILES string of the molecule is Cc1ccc(C2CCC(C)CC2)c(F)c1C. The molecule has 0 amide bonds. The van der Waals surface area contributed by atoms with Gasteiger partial charge in [0.25, 0.3) is 0 Å². The molecule has 0 spiro atoms. The fourth-order valence-corrected chi connectivity index (χ4v) is 2.69. The van der Waals surface area contributed by atoms with Crippen molar-refractivity contribution < 1.29 is 4.39 Å². The molecular formula is C15H21F. The molecule has 1 aliphatic rings. The first-order chi connectivity index (χ1) is 7.59. The summed E-state index contributed by atoms with van der Waals surface area (Å²) in [5.41, 5.74) is 2.84. The van der Waals surface area contributed by atoms with Crippen LogP contribution in [0.15, 0.2) is 12.1 Å². The van der Waals surface area contributed by atoms with E-state index < -0.39 is 0 Å². The van der Waals surface area contributed by atoms with Gasteiger partial charge in [-0.3, -0.25) is 0 Å². The molecular weight excluding hydrogens is 199 g/mol. The second-order valence-electron chi connectivity index (χ2n) is 5.37. The molecule has 0 radical (unpaired) electrons. The van der Waals surface area contributed by atoms with Crippen LogP contribution in [0.3, 0.4) is 0 Å². The highest BCUT2D eigenvalue weighted by atomic mass is 19.1. The highest BCUT2D eigenvalue weighted by Crippen LogP contribution is 2.37. The monoisotopic (exact) mass is 220 g/mol. The normalized spacial score (nSPS) is 25.8. The Kier molecular flexibility index (Phi) is 3.32. The molecule has 88 valence electrons. The van der Waals surface area contributed by atoms with E-state index in [4.69, 9.17) is 0 Å². The summed E-state index contributed by atoms with van der Waals surface area (Å²) < 4.78 is 14.1. The van der Waals surface area contributed by atoms with Gasteiger partial charge < -0.3 is 0 Å². The number of hydrogen-bond donors (Lipinski definition) is 0. The predicted octanol–water partition coefficient (Wildman–Crippen LogP) is 4.74. The van der Waals surface area contributed by atoms with Crippen molar-refractivity contribution in [2.75, 3.05) is 0 Å². The lowest BCUT2D eigenvalue weighted by molar-refractivity contribution is 0.342. The lowest BCUT2D eigenvalue weighted by Crippen LogP contribution is -2.12. The van der Waals surface area contributed by atoms with E-state index in [9.17, 15) is 4.39 Å². The third kappa shape index (κ3) is 2.14. The molecule has 2 rings (SSSR count). The summed E-state index contributed by atoms with van der Waals surface area (Å²) in [6, 6.07) is 4.06. The lowest BCUT2D eigenvalue weighted by atomic mass is 9.79. The molecule has 0 aliphatic heterocycles. The maximum atomic E-state index is 14.1. The van der Waals surface area contributed by atoms with E-state index in [0.717, 1.165) is 35.4 Å². The Balaban J connectivity index is 2.24. The van der Waals surface area contributed by atoms with Gasteiger partial charge >= 0.3 is 0 Å². The second kappa shape index (κ2) is 4.57. The first kappa shape index (κ1) is 11.6. The van der Waals surface area contributed by atoms with Gasteiger partial charge in [-0.05, 0) is 55.2 Å². The molecule has 1 aromatic rings. The molecule has 0 heterocycles.